The largest absolute Gasteiger partial charge is 0.391 e. The highest BCUT2D eigenvalue weighted by molar-refractivity contribution is 7.80. The van der Waals surface area contributed by atoms with Crippen molar-refractivity contribution in [2.75, 3.05) is 19.7 Å². The zero-order chi connectivity index (χ0) is 13.4. The van der Waals surface area contributed by atoms with Gasteiger partial charge in [0, 0.05) is 13.0 Å². The average molecular weight is 282 g/mol. The number of carbonyl (C=O) groups is 1. The Bertz CT molecular complexity index is 388. The Kier molecular flexibility index (Phi) is 3.76. The maximum atomic E-state index is 12.4. The van der Waals surface area contributed by atoms with Crippen LogP contribution in [-0.4, -0.2) is 41.6 Å². The minimum Gasteiger partial charge on any atom is -0.391 e. The van der Waals surface area contributed by atoms with Crippen molar-refractivity contribution in [3.63, 3.8) is 0 Å². The van der Waals surface area contributed by atoms with Crippen LogP contribution in [0, 0.1) is 17.8 Å². The highest BCUT2D eigenvalue weighted by atomic mass is 32.1. The number of hydrogen-bond acceptors (Lipinski definition) is 3. The van der Waals surface area contributed by atoms with Crippen LogP contribution in [0.1, 0.15) is 32.1 Å². The van der Waals surface area contributed by atoms with Gasteiger partial charge in [-0.05, 0) is 37.0 Å². The molecule has 4 atom stereocenters. The Morgan fingerprint density at radius 1 is 1.37 bits per heavy atom. The molecule has 2 aliphatic carbocycles. The number of morpholine rings is 1. The summed E-state index contributed by atoms with van der Waals surface area (Å²) in [6, 6.07) is 0. The molecule has 3 aliphatic rings. The van der Waals surface area contributed by atoms with E-state index in [1.165, 1.54) is 25.7 Å². The summed E-state index contributed by atoms with van der Waals surface area (Å²) >= 11 is 4.96. The fraction of sp³-hybridized carbons (Fsp3) is 0.857. The summed E-state index contributed by atoms with van der Waals surface area (Å²) in [5, 5.41) is 0. The minimum atomic E-state index is -0.257. The Hall–Kier alpha value is -0.680. The summed E-state index contributed by atoms with van der Waals surface area (Å²) in [7, 11) is 0. The van der Waals surface area contributed by atoms with Crippen molar-refractivity contribution >= 4 is 23.1 Å². The summed E-state index contributed by atoms with van der Waals surface area (Å²) < 4.78 is 5.48. The van der Waals surface area contributed by atoms with Crippen LogP contribution in [0.4, 0.5) is 0 Å². The van der Waals surface area contributed by atoms with Gasteiger partial charge in [0.25, 0.3) is 0 Å². The lowest BCUT2D eigenvalue weighted by Crippen LogP contribution is -2.50. The molecule has 0 aromatic carbocycles. The fourth-order valence-electron chi connectivity index (χ4n) is 4.03. The topological polar surface area (TPSA) is 55.6 Å². The third kappa shape index (κ3) is 2.77. The Morgan fingerprint density at radius 3 is 2.84 bits per heavy atom. The molecule has 1 heterocycles. The van der Waals surface area contributed by atoms with E-state index in [4.69, 9.17) is 22.7 Å². The number of rotatable bonds is 3. The molecule has 4 nitrogen and oxygen atoms in total. The van der Waals surface area contributed by atoms with E-state index in [1.54, 1.807) is 0 Å². The standard InChI is InChI=1S/C14H22N2O2S/c15-14(19)12-8-16(3-4-18-12)13(17)7-11-6-9-1-2-10(11)5-9/h9-12H,1-8H2,(H2,15,19). The molecule has 1 aliphatic heterocycles. The number of amides is 1. The van der Waals surface area contributed by atoms with Crippen molar-refractivity contribution in [3.8, 4) is 0 Å². The predicted molar refractivity (Wildman–Crippen MR) is 76.7 cm³/mol. The Labute approximate surface area is 119 Å². The van der Waals surface area contributed by atoms with E-state index >= 15 is 0 Å². The molecule has 0 aromatic rings. The molecule has 106 valence electrons. The monoisotopic (exact) mass is 282 g/mol. The van der Waals surface area contributed by atoms with E-state index in [0.717, 1.165) is 11.8 Å². The number of carbonyl (C=O) groups excluding carboxylic acids is 1. The summed E-state index contributed by atoms with van der Waals surface area (Å²) in [6.07, 6.45) is 5.80. The molecule has 2 N–H and O–H groups in total. The first-order valence-electron chi connectivity index (χ1n) is 7.32. The van der Waals surface area contributed by atoms with E-state index in [1.807, 2.05) is 4.90 Å². The SMILES string of the molecule is NC(=S)C1CN(C(=O)CC2CC3CCC2C3)CCO1. The Morgan fingerprint density at radius 2 is 2.21 bits per heavy atom. The first-order valence-corrected chi connectivity index (χ1v) is 7.73. The quantitative estimate of drug-likeness (QED) is 0.793. The zero-order valence-corrected chi connectivity index (χ0v) is 12.0. The van der Waals surface area contributed by atoms with Crippen LogP contribution in [0.2, 0.25) is 0 Å². The molecule has 2 bridgehead atoms. The van der Waals surface area contributed by atoms with Crippen molar-refractivity contribution < 1.29 is 9.53 Å². The van der Waals surface area contributed by atoms with Crippen molar-refractivity contribution in [2.45, 2.75) is 38.2 Å². The van der Waals surface area contributed by atoms with Gasteiger partial charge in [0.15, 0.2) is 0 Å². The summed E-state index contributed by atoms with van der Waals surface area (Å²) in [6.45, 7) is 1.76. The summed E-state index contributed by atoms with van der Waals surface area (Å²) in [4.78, 5) is 14.6. The number of ether oxygens (including phenoxy) is 1. The second-order valence-electron chi connectivity index (χ2n) is 6.24. The summed E-state index contributed by atoms with van der Waals surface area (Å²) in [5.41, 5.74) is 5.61. The van der Waals surface area contributed by atoms with Crippen molar-refractivity contribution in [2.24, 2.45) is 23.5 Å². The molecular weight excluding hydrogens is 260 g/mol. The molecule has 5 heteroatoms. The van der Waals surface area contributed by atoms with Gasteiger partial charge in [-0.1, -0.05) is 18.6 Å². The van der Waals surface area contributed by atoms with E-state index in [-0.39, 0.29) is 12.0 Å². The molecule has 19 heavy (non-hydrogen) atoms. The minimum absolute atomic E-state index is 0.257. The third-order valence-corrected chi connectivity index (χ3v) is 5.32. The van der Waals surface area contributed by atoms with Gasteiger partial charge in [-0.2, -0.15) is 0 Å². The van der Waals surface area contributed by atoms with Gasteiger partial charge in [-0.15, -0.1) is 0 Å². The van der Waals surface area contributed by atoms with Crippen LogP contribution in [0.5, 0.6) is 0 Å². The lowest BCUT2D eigenvalue weighted by molar-refractivity contribution is -0.138. The van der Waals surface area contributed by atoms with E-state index in [0.29, 0.717) is 37.0 Å². The maximum absolute atomic E-state index is 12.4. The molecule has 0 spiro atoms. The molecule has 0 aromatic heterocycles. The van der Waals surface area contributed by atoms with Crippen LogP contribution in [-0.2, 0) is 9.53 Å². The first kappa shape index (κ1) is 13.3. The van der Waals surface area contributed by atoms with Crippen LogP contribution < -0.4 is 5.73 Å². The first-order chi connectivity index (χ1) is 9.13. The number of nitrogens with two attached hydrogens (primary N) is 1. The number of nitrogens with zero attached hydrogens (tertiary/aromatic N) is 1. The average Bonchev–Trinajstić information content (AvgIpc) is 3.01. The lowest BCUT2D eigenvalue weighted by Gasteiger charge is -2.33. The normalized spacial score (nSPS) is 37.6. The van der Waals surface area contributed by atoms with Gasteiger partial charge < -0.3 is 15.4 Å². The number of fused-ring (bicyclic) bond motifs is 2. The second-order valence-corrected chi connectivity index (χ2v) is 6.71. The molecule has 2 saturated carbocycles. The number of thiocarbonyl (C=S) groups is 1. The van der Waals surface area contributed by atoms with Gasteiger partial charge >= 0.3 is 0 Å². The molecular formula is C14H22N2O2S. The van der Waals surface area contributed by atoms with Crippen LogP contribution in [0.15, 0.2) is 0 Å². The van der Waals surface area contributed by atoms with E-state index in [2.05, 4.69) is 0 Å². The predicted octanol–water partition coefficient (Wildman–Crippen LogP) is 1.33. The lowest BCUT2D eigenvalue weighted by atomic mass is 9.86. The van der Waals surface area contributed by atoms with Gasteiger partial charge in [-0.25, -0.2) is 0 Å². The highest BCUT2D eigenvalue weighted by Gasteiger charge is 2.41. The third-order valence-electron chi connectivity index (χ3n) is 5.06. The smallest absolute Gasteiger partial charge is 0.223 e. The molecule has 1 saturated heterocycles. The molecule has 1 amide bonds. The molecule has 0 radical (unpaired) electrons. The van der Waals surface area contributed by atoms with Crippen molar-refractivity contribution in [3.05, 3.63) is 0 Å². The van der Waals surface area contributed by atoms with Crippen molar-refractivity contribution in [1.82, 2.24) is 4.90 Å². The maximum Gasteiger partial charge on any atom is 0.223 e. The summed E-state index contributed by atoms with van der Waals surface area (Å²) in [5.74, 6) is 2.60. The molecule has 3 rings (SSSR count). The fourth-order valence-corrected chi connectivity index (χ4v) is 4.17. The zero-order valence-electron chi connectivity index (χ0n) is 11.2. The van der Waals surface area contributed by atoms with Gasteiger partial charge in [0.1, 0.15) is 11.1 Å². The van der Waals surface area contributed by atoms with E-state index in [9.17, 15) is 4.79 Å². The van der Waals surface area contributed by atoms with Gasteiger partial charge in [0.05, 0.1) is 13.2 Å². The van der Waals surface area contributed by atoms with E-state index < -0.39 is 0 Å². The van der Waals surface area contributed by atoms with Crippen LogP contribution in [0.3, 0.4) is 0 Å². The highest BCUT2D eigenvalue weighted by Crippen LogP contribution is 2.49. The van der Waals surface area contributed by atoms with Gasteiger partial charge in [0.2, 0.25) is 5.91 Å². The van der Waals surface area contributed by atoms with Crippen molar-refractivity contribution in [1.29, 1.82) is 0 Å². The second kappa shape index (κ2) is 5.37. The molecule has 4 unspecified atom stereocenters. The van der Waals surface area contributed by atoms with Gasteiger partial charge in [-0.3, -0.25) is 4.79 Å². The Balaban J connectivity index is 1.54. The van der Waals surface area contributed by atoms with Crippen LogP contribution in [0.25, 0.3) is 0 Å². The number of hydrogen-bond donors (Lipinski definition) is 1. The molecule has 3 fully saturated rings. The van der Waals surface area contributed by atoms with Crippen LogP contribution >= 0.6 is 12.2 Å².